The minimum Gasteiger partial charge on any atom is -0.300 e. The molecule has 0 unspecified atom stereocenters. The zero-order valence-electron chi connectivity index (χ0n) is 19.9. The van der Waals surface area contributed by atoms with Gasteiger partial charge in [0, 0.05) is 25.7 Å². The molecule has 0 aliphatic rings. The molecule has 1 aromatic rings. The van der Waals surface area contributed by atoms with E-state index in [4.69, 9.17) is 0 Å². The first-order valence-electron chi connectivity index (χ1n) is 10.5. The van der Waals surface area contributed by atoms with E-state index in [0.717, 1.165) is 11.1 Å². The molecule has 0 fully saturated rings. The van der Waals surface area contributed by atoms with E-state index in [0.29, 0.717) is 23.9 Å². The number of nitrogens with zero attached hydrogens (tertiary/aromatic N) is 2. The highest BCUT2D eigenvalue weighted by Crippen LogP contribution is 2.36. The molecule has 0 aliphatic heterocycles. The molecule has 0 saturated heterocycles. The van der Waals surface area contributed by atoms with Gasteiger partial charge in [0.1, 0.15) is 0 Å². The van der Waals surface area contributed by atoms with Crippen molar-refractivity contribution in [2.45, 2.75) is 90.5 Å². The van der Waals surface area contributed by atoms with Crippen LogP contribution in [0.25, 0.3) is 0 Å². The number of hydrogen-bond donors (Lipinski definition) is 0. The molecule has 0 bridgehead atoms. The molecule has 1 aromatic carbocycles. The van der Waals surface area contributed by atoms with E-state index in [1.54, 1.807) is 7.05 Å². The van der Waals surface area contributed by atoms with Crippen molar-refractivity contribution in [2.24, 2.45) is 0 Å². The predicted octanol–water partition coefficient (Wildman–Crippen LogP) is 5.41. The molecule has 0 spiro atoms. The maximum atomic E-state index is 13.6. The van der Waals surface area contributed by atoms with Gasteiger partial charge in [-0.15, -0.1) is 0 Å². The molecule has 0 saturated carbocycles. The van der Waals surface area contributed by atoms with E-state index in [9.17, 15) is 8.42 Å². The first-order valence-corrected chi connectivity index (χ1v) is 11.9. The van der Waals surface area contributed by atoms with Crippen LogP contribution in [0.15, 0.2) is 17.0 Å². The standard InChI is InChI=1S/C23H42N2O2S/c1-16(2)19-14-20(17(3)4)22(21(15-19)18(5)6)28(26,27)25(11)13-12-24(10)23(7,8)9/h14-18H,12-13H2,1-11H3. The van der Waals surface area contributed by atoms with Crippen molar-refractivity contribution in [3.63, 3.8) is 0 Å². The first-order chi connectivity index (χ1) is 12.6. The van der Waals surface area contributed by atoms with Gasteiger partial charge in [0.25, 0.3) is 0 Å². The van der Waals surface area contributed by atoms with Gasteiger partial charge in [-0.25, -0.2) is 8.42 Å². The summed E-state index contributed by atoms with van der Waals surface area (Å²) < 4.78 is 28.8. The Kier molecular flexibility index (Phi) is 8.32. The monoisotopic (exact) mass is 410 g/mol. The molecule has 0 heterocycles. The molecule has 0 aromatic heterocycles. The number of rotatable bonds is 8. The highest BCUT2D eigenvalue weighted by atomic mass is 32.2. The summed E-state index contributed by atoms with van der Waals surface area (Å²) >= 11 is 0. The maximum absolute atomic E-state index is 13.6. The molecule has 0 aliphatic carbocycles. The minimum atomic E-state index is -3.57. The summed E-state index contributed by atoms with van der Waals surface area (Å²) in [6, 6.07) is 4.20. The normalized spacial score (nSPS) is 13.6. The van der Waals surface area contributed by atoms with Crippen LogP contribution in [0.4, 0.5) is 0 Å². The molecule has 0 N–H and O–H groups in total. The lowest BCUT2D eigenvalue weighted by molar-refractivity contribution is 0.168. The number of likely N-dealkylation sites (N-methyl/N-ethyl adjacent to an activating group) is 2. The maximum Gasteiger partial charge on any atom is 0.243 e. The van der Waals surface area contributed by atoms with Crippen LogP contribution in [0.5, 0.6) is 0 Å². The Bertz CT molecular complexity index is 730. The minimum absolute atomic E-state index is 0.00962. The molecular formula is C23H42N2O2S. The molecule has 28 heavy (non-hydrogen) atoms. The lowest BCUT2D eigenvalue weighted by atomic mass is 9.89. The SMILES string of the molecule is CC(C)c1cc(C(C)C)c(S(=O)(=O)N(C)CCN(C)C(C)(C)C)c(C(C)C)c1. The van der Waals surface area contributed by atoms with Crippen LogP contribution < -0.4 is 0 Å². The summed E-state index contributed by atoms with van der Waals surface area (Å²) in [5.74, 6) is 0.656. The zero-order chi connectivity index (χ0) is 22.0. The third-order valence-corrected chi connectivity index (χ3v) is 7.63. The van der Waals surface area contributed by atoms with Crippen molar-refractivity contribution in [1.82, 2.24) is 9.21 Å². The molecule has 0 atom stereocenters. The van der Waals surface area contributed by atoms with E-state index < -0.39 is 10.0 Å². The predicted molar refractivity (Wildman–Crippen MR) is 121 cm³/mol. The molecule has 5 heteroatoms. The topological polar surface area (TPSA) is 40.6 Å². The van der Waals surface area contributed by atoms with Crippen molar-refractivity contribution < 1.29 is 8.42 Å². The molecular weight excluding hydrogens is 368 g/mol. The van der Waals surface area contributed by atoms with Crippen LogP contribution >= 0.6 is 0 Å². The van der Waals surface area contributed by atoms with Crippen molar-refractivity contribution >= 4 is 10.0 Å². The van der Waals surface area contributed by atoms with E-state index in [-0.39, 0.29) is 17.4 Å². The Morgan fingerprint density at radius 2 is 1.25 bits per heavy atom. The summed E-state index contributed by atoms with van der Waals surface area (Å²) in [5, 5.41) is 0. The van der Waals surface area contributed by atoms with Crippen LogP contribution in [0.2, 0.25) is 0 Å². The van der Waals surface area contributed by atoms with E-state index >= 15 is 0 Å². The Morgan fingerprint density at radius 3 is 1.57 bits per heavy atom. The quantitative estimate of drug-likeness (QED) is 0.575. The summed E-state index contributed by atoms with van der Waals surface area (Å²) in [4.78, 5) is 2.70. The van der Waals surface area contributed by atoms with Crippen molar-refractivity contribution in [2.75, 3.05) is 27.2 Å². The highest BCUT2D eigenvalue weighted by Gasteiger charge is 2.30. The average Bonchev–Trinajstić information content (AvgIpc) is 2.56. The summed E-state index contributed by atoms with van der Waals surface area (Å²) in [6.07, 6.45) is 0. The summed E-state index contributed by atoms with van der Waals surface area (Å²) in [6.45, 7) is 20.2. The number of benzene rings is 1. The smallest absolute Gasteiger partial charge is 0.243 e. The van der Waals surface area contributed by atoms with E-state index in [1.165, 1.54) is 9.87 Å². The van der Waals surface area contributed by atoms with Gasteiger partial charge in [-0.05, 0) is 62.3 Å². The van der Waals surface area contributed by atoms with Crippen molar-refractivity contribution in [3.8, 4) is 0 Å². The molecule has 1 rings (SSSR count). The number of hydrogen-bond acceptors (Lipinski definition) is 3. The van der Waals surface area contributed by atoms with Crippen LogP contribution in [0.3, 0.4) is 0 Å². The molecule has 0 radical (unpaired) electrons. The Balaban J connectivity index is 3.46. The number of sulfonamides is 1. The zero-order valence-corrected chi connectivity index (χ0v) is 20.7. The lowest BCUT2D eigenvalue weighted by Gasteiger charge is -2.33. The van der Waals surface area contributed by atoms with Crippen LogP contribution in [-0.4, -0.2) is 50.3 Å². The fourth-order valence-electron chi connectivity index (χ4n) is 3.09. The van der Waals surface area contributed by atoms with Crippen LogP contribution in [0.1, 0.15) is 96.8 Å². The Morgan fingerprint density at radius 1 is 0.821 bits per heavy atom. The van der Waals surface area contributed by atoms with Crippen LogP contribution in [0, 0.1) is 0 Å². The highest BCUT2D eigenvalue weighted by molar-refractivity contribution is 7.89. The first kappa shape index (κ1) is 25.1. The van der Waals surface area contributed by atoms with Crippen molar-refractivity contribution in [1.29, 1.82) is 0 Å². The lowest BCUT2D eigenvalue weighted by Crippen LogP contribution is -2.43. The van der Waals surface area contributed by atoms with Gasteiger partial charge in [-0.2, -0.15) is 4.31 Å². The third-order valence-electron chi connectivity index (χ3n) is 5.64. The van der Waals surface area contributed by atoms with E-state index in [1.807, 2.05) is 7.05 Å². The summed E-state index contributed by atoms with van der Waals surface area (Å²) in [5.41, 5.74) is 3.09. The van der Waals surface area contributed by atoms with Gasteiger partial charge in [-0.3, -0.25) is 0 Å². The second-order valence-corrected chi connectivity index (χ2v) is 11.9. The summed E-state index contributed by atoms with van der Waals surface area (Å²) in [7, 11) is 0.176. The molecule has 0 amide bonds. The van der Waals surface area contributed by atoms with Gasteiger partial charge in [-0.1, -0.05) is 53.7 Å². The van der Waals surface area contributed by atoms with Gasteiger partial charge >= 0.3 is 0 Å². The third kappa shape index (κ3) is 5.80. The van der Waals surface area contributed by atoms with Crippen LogP contribution in [-0.2, 0) is 10.0 Å². The molecule has 4 nitrogen and oxygen atoms in total. The Labute approximate surface area is 174 Å². The molecule has 162 valence electrons. The van der Waals surface area contributed by atoms with E-state index in [2.05, 4.69) is 79.3 Å². The van der Waals surface area contributed by atoms with Gasteiger partial charge in [0.05, 0.1) is 4.90 Å². The Hall–Kier alpha value is -0.910. The fraction of sp³-hybridized carbons (Fsp3) is 0.739. The van der Waals surface area contributed by atoms with Gasteiger partial charge in [0.2, 0.25) is 10.0 Å². The van der Waals surface area contributed by atoms with Gasteiger partial charge < -0.3 is 4.90 Å². The average molecular weight is 411 g/mol. The largest absolute Gasteiger partial charge is 0.300 e. The second-order valence-electron chi connectivity index (χ2n) is 9.91. The van der Waals surface area contributed by atoms with Crippen molar-refractivity contribution in [3.05, 3.63) is 28.8 Å². The fourth-order valence-corrected chi connectivity index (χ4v) is 4.91. The second kappa shape index (κ2) is 9.27. The van der Waals surface area contributed by atoms with Gasteiger partial charge in [0.15, 0.2) is 0 Å².